The summed E-state index contributed by atoms with van der Waals surface area (Å²) >= 11 is 1.65. The Morgan fingerprint density at radius 1 is 1.20 bits per heavy atom. The lowest BCUT2D eigenvalue weighted by Gasteiger charge is -2.10. The van der Waals surface area contributed by atoms with E-state index in [9.17, 15) is 9.59 Å². The van der Waals surface area contributed by atoms with Crippen LogP contribution in [0.4, 0.5) is 16.2 Å². The molecule has 25 heavy (non-hydrogen) atoms. The van der Waals surface area contributed by atoms with Crippen LogP contribution in [0.2, 0.25) is 0 Å². The van der Waals surface area contributed by atoms with Gasteiger partial charge in [-0.05, 0) is 24.6 Å². The largest absolute Gasteiger partial charge is 0.337 e. The molecule has 3 amide bonds. The fourth-order valence-electron chi connectivity index (χ4n) is 2.07. The van der Waals surface area contributed by atoms with Crippen molar-refractivity contribution in [1.29, 1.82) is 0 Å². The van der Waals surface area contributed by atoms with Crippen LogP contribution in [0.3, 0.4) is 0 Å². The zero-order valence-corrected chi connectivity index (χ0v) is 15.6. The second kappa shape index (κ2) is 9.17. The molecule has 0 bridgehead atoms. The van der Waals surface area contributed by atoms with Gasteiger partial charge >= 0.3 is 6.03 Å². The number of carbonyl (C=O) groups excluding carboxylic acids is 2. The average Bonchev–Trinajstić information content (AvgIpc) is 3.03. The van der Waals surface area contributed by atoms with Crippen molar-refractivity contribution in [3.05, 3.63) is 40.3 Å². The summed E-state index contributed by atoms with van der Waals surface area (Å²) in [6.07, 6.45) is 1.64. The monoisotopic (exact) mass is 360 g/mol. The molecule has 2 rings (SSSR count). The number of thiazole rings is 1. The van der Waals surface area contributed by atoms with E-state index in [1.165, 1.54) is 0 Å². The molecular weight excluding hydrogens is 336 g/mol. The van der Waals surface area contributed by atoms with Crippen LogP contribution in [0.15, 0.2) is 29.6 Å². The van der Waals surface area contributed by atoms with Crippen molar-refractivity contribution in [1.82, 2.24) is 10.3 Å². The van der Waals surface area contributed by atoms with Gasteiger partial charge in [-0.3, -0.25) is 4.79 Å². The predicted octanol–water partition coefficient (Wildman–Crippen LogP) is 3.66. The topological polar surface area (TPSA) is 83.1 Å². The summed E-state index contributed by atoms with van der Waals surface area (Å²) in [5.74, 6) is -0.157. The van der Waals surface area contributed by atoms with Gasteiger partial charge in [-0.25, -0.2) is 9.78 Å². The molecule has 1 aromatic carbocycles. The SMILES string of the molecule is CCc1nc(CCNC(=O)Nc2cccc(NC(=O)C(C)C)c2)cs1. The number of carbonyl (C=O) groups is 2. The number of aryl methyl sites for hydroxylation is 1. The number of anilines is 2. The maximum absolute atomic E-state index is 12.0. The quantitative estimate of drug-likeness (QED) is 0.704. The zero-order valence-electron chi connectivity index (χ0n) is 14.8. The van der Waals surface area contributed by atoms with E-state index in [0.29, 0.717) is 24.3 Å². The summed E-state index contributed by atoms with van der Waals surface area (Å²) in [5, 5.41) is 11.5. The fraction of sp³-hybridized carbons (Fsp3) is 0.389. The third-order valence-corrected chi connectivity index (χ3v) is 4.52. The second-order valence-electron chi connectivity index (χ2n) is 5.94. The minimum absolute atomic E-state index is 0.0590. The molecule has 0 saturated heterocycles. The van der Waals surface area contributed by atoms with Crippen molar-refractivity contribution in [3.63, 3.8) is 0 Å². The van der Waals surface area contributed by atoms with Crippen LogP contribution in [0, 0.1) is 5.92 Å². The van der Waals surface area contributed by atoms with Gasteiger partial charge in [0.2, 0.25) is 5.91 Å². The first-order valence-corrected chi connectivity index (χ1v) is 9.25. The van der Waals surface area contributed by atoms with Gasteiger partial charge in [-0.15, -0.1) is 11.3 Å². The Balaban J connectivity index is 1.80. The molecule has 134 valence electrons. The molecule has 0 unspecified atom stereocenters. The summed E-state index contributed by atoms with van der Waals surface area (Å²) in [4.78, 5) is 28.2. The number of benzene rings is 1. The maximum atomic E-state index is 12.0. The first-order chi connectivity index (χ1) is 12.0. The van der Waals surface area contributed by atoms with Gasteiger partial charge in [0.25, 0.3) is 0 Å². The smallest absolute Gasteiger partial charge is 0.319 e. The summed E-state index contributed by atoms with van der Waals surface area (Å²) in [5.41, 5.74) is 2.28. The highest BCUT2D eigenvalue weighted by molar-refractivity contribution is 7.09. The van der Waals surface area contributed by atoms with E-state index < -0.39 is 0 Å². The molecule has 6 nitrogen and oxygen atoms in total. The van der Waals surface area contributed by atoms with Gasteiger partial charge < -0.3 is 16.0 Å². The number of nitrogens with one attached hydrogen (secondary N) is 3. The van der Waals surface area contributed by atoms with Crippen molar-refractivity contribution in [2.45, 2.75) is 33.6 Å². The van der Waals surface area contributed by atoms with Crippen LogP contribution in [-0.4, -0.2) is 23.5 Å². The predicted molar refractivity (Wildman–Crippen MR) is 102 cm³/mol. The number of hydrogen-bond acceptors (Lipinski definition) is 4. The zero-order chi connectivity index (χ0) is 18.2. The van der Waals surface area contributed by atoms with Crippen LogP contribution < -0.4 is 16.0 Å². The third kappa shape index (κ3) is 6.19. The van der Waals surface area contributed by atoms with Crippen molar-refractivity contribution in [2.75, 3.05) is 17.2 Å². The van der Waals surface area contributed by atoms with Crippen LogP contribution in [0.1, 0.15) is 31.5 Å². The van der Waals surface area contributed by atoms with Gasteiger partial charge in [-0.2, -0.15) is 0 Å². The molecule has 1 aromatic heterocycles. The molecule has 0 radical (unpaired) electrons. The minimum atomic E-state index is -0.279. The van der Waals surface area contributed by atoms with Gasteiger partial charge in [0.1, 0.15) is 0 Å². The van der Waals surface area contributed by atoms with Crippen molar-refractivity contribution in [2.24, 2.45) is 5.92 Å². The van der Waals surface area contributed by atoms with E-state index in [-0.39, 0.29) is 17.9 Å². The van der Waals surface area contributed by atoms with E-state index in [2.05, 4.69) is 27.9 Å². The molecule has 0 spiro atoms. The van der Waals surface area contributed by atoms with Crippen LogP contribution in [0.25, 0.3) is 0 Å². The highest BCUT2D eigenvalue weighted by Gasteiger charge is 2.08. The van der Waals surface area contributed by atoms with Gasteiger partial charge in [-0.1, -0.05) is 26.8 Å². The highest BCUT2D eigenvalue weighted by atomic mass is 32.1. The first kappa shape index (κ1) is 18.9. The lowest BCUT2D eigenvalue weighted by Crippen LogP contribution is -2.30. The normalized spacial score (nSPS) is 10.6. The van der Waals surface area contributed by atoms with Gasteiger partial charge in [0, 0.05) is 35.6 Å². The number of urea groups is 1. The Kier molecular flexibility index (Phi) is 6.94. The average molecular weight is 360 g/mol. The van der Waals surface area contributed by atoms with Gasteiger partial charge in [0.15, 0.2) is 0 Å². The molecule has 0 atom stereocenters. The van der Waals surface area contributed by atoms with Crippen LogP contribution in [0.5, 0.6) is 0 Å². The lowest BCUT2D eigenvalue weighted by atomic mass is 10.2. The Labute approximate surface area is 152 Å². The van der Waals surface area contributed by atoms with Crippen molar-refractivity contribution < 1.29 is 9.59 Å². The Bertz CT molecular complexity index is 727. The number of rotatable bonds is 7. The molecule has 0 aliphatic carbocycles. The van der Waals surface area contributed by atoms with E-state index in [1.54, 1.807) is 35.6 Å². The molecule has 7 heteroatoms. The second-order valence-corrected chi connectivity index (χ2v) is 6.88. The number of aromatic nitrogens is 1. The molecular formula is C18H24N4O2S. The van der Waals surface area contributed by atoms with E-state index >= 15 is 0 Å². The summed E-state index contributed by atoms with van der Waals surface area (Å²) < 4.78 is 0. The van der Waals surface area contributed by atoms with E-state index in [4.69, 9.17) is 0 Å². The van der Waals surface area contributed by atoms with E-state index in [1.807, 2.05) is 19.2 Å². The van der Waals surface area contributed by atoms with Crippen LogP contribution in [-0.2, 0) is 17.6 Å². The molecule has 0 saturated carbocycles. The molecule has 0 fully saturated rings. The third-order valence-electron chi connectivity index (χ3n) is 3.48. The number of nitrogens with zero attached hydrogens (tertiary/aromatic N) is 1. The van der Waals surface area contributed by atoms with Gasteiger partial charge in [0.05, 0.1) is 10.7 Å². The highest BCUT2D eigenvalue weighted by Crippen LogP contribution is 2.16. The van der Waals surface area contributed by atoms with Crippen molar-refractivity contribution >= 4 is 34.6 Å². The fourth-order valence-corrected chi connectivity index (χ4v) is 2.85. The standard InChI is InChI=1S/C18H24N4O2S/c1-4-16-20-15(11-25-16)8-9-19-18(24)22-14-7-5-6-13(10-14)21-17(23)12(2)3/h5-7,10-12H,4,8-9H2,1-3H3,(H,21,23)(H2,19,22,24). The summed E-state index contributed by atoms with van der Waals surface area (Å²) in [6, 6.07) is 6.80. The Morgan fingerprint density at radius 2 is 1.92 bits per heavy atom. The number of amides is 3. The first-order valence-electron chi connectivity index (χ1n) is 8.37. The summed E-state index contributed by atoms with van der Waals surface area (Å²) in [7, 11) is 0. The molecule has 1 heterocycles. The number of hydrogen-bond donors (Lipinski definition) is 3. The maximum Gasteiger partial charge on any atom is 0.319 e. The molecule has 3 N–H and O–H groups in total. The molecule has 0 aliphatic rings. The minimum Gasteiger partial charge on any atom is -0.337 e. The van der Waals surface area contributed by atoms with E-state index in [0.717, 1.165) is 17.1 Å². The molecule has 2 aromatic rings. The Morgan fingerprint density at radius 3 is 2.56 bits per heavy atom. The van der Waals surface area contributed by atoms with Crippen LogP contribution >= 0.6 is 11.3 Å². The molecule has 0 aliphatic heterocycles. The summed E-state index contributed by atoms with van der Waals surface area (Å²) in [6.45, 7) is 6.25. The van der Waals surface area contributed by atoms with Crippen molar-refractivity contribution in [3.8, 4) is 0 Å². The lowest BCUT2D eigenvalue weighted by molar-refractivity contribution is -0.118. The Hall–Kier alpha value is -2.41.